The minimum Gasteiger partial charge on any atom is -0.449 e. The molecule has 0 saturated carbocycles. The summed E-state index contributed by atoms with van der Waals surface area (Å²) in [6.07, 6.45) is -3.50. The summed E-state index contributed by atoms with van der Waals surface area (Å²) in [4.78, 5) is 12.0. The van der Waals surface area contributed by atoms with E-state index in [0.29, 0.717) is 0 Å². The molecule has 1 saturated heterocycles. The number of alkyl carbamates (subject to hydrolysis) is 1. The predicted molar refractivity (Wildman–Crippen MR) is 84.1 cm³/mol. The number of carbonyl (C=O) groups is 1. The molecule has 2 rings (SSSR count). The summed E-state index contributed by atoms with van der Waals surface area (Å²) in [6, 6.07) is -1.03. The minimum atomic E-state index is -1.36. The third-order valence-corrected chi connectivity index (χ3v) is 3.97. The Bertz CT molecular complexity index is 487. The van der Waals surface area contributed by atoms with Crippen LogP contribution in [0.3, 0.4) is 0 Å². The summed E-state index contributed by atoms with van der Waals surface area (Å²) in [6.45, 7) is 7.07. The quantitative estimate of drug-likeness (QED) is 0.515. The molecule has 1 heterocycles. The zero-order chi connectivity index (χ0) is 18.1. The first-order valence-corrected chi connectivity index (χ1v) is 8.04. The largest absolute Gasteiger partial charge is 0.449 e. The first-order chi connectivity index (χ1) is 11.1. The van der Waals surface area contributed by atoms with Gasteiger partial charge in [0.2, 0.25) is 0 Å². The highest BCUT2D eigenvalue weighted by Crippen LogP contribution is 2.28. The van der Waals surface area contributed by atoms with Crippen LogP contribution < -0.4 is 5.32 Å². The summed E-state index contributed by atoms with van der Waals surface area (Å²) in [5.41, 5.74) is 0.546. The molecule has 4 N–H and O–H groups in total. The molecule has 0 aromatic heterocycles. The molecule has 1 aliphatic carbocycles. The van der Waals surface area contributed by atoms with Crippen LogP contribution in [-0.2, 0) is 14.2 Å². The summed E-state index contributed by atoms with van der Waals surface area (Å²) < 4.78 is 16.3. The third kappa shape index (κ3) is 4.90. The summed E-state index contributed by atoms with van der Waals surface area (Å²) >= 11 is 0. The van der Waals surface area contributed by atoms with Gasteiger partial charge in [-0.1, -0.05) is 11.6 Å². The average Bonchev–Trinajstić information content (AvgIpc) is 3.19. The fourth-order valence-electron chi connectivity index (χ4n) is 2.48. The van der Waals surface area contributed by atoms with E-state index in [0.717, 1.165) is 0 Å². The number of nitrogens with one attached hydrogen (secondary N) is 1. The van der Waals surface area contributed by atoms with Crippen LogP contribution in [0, 0.1) is 5.92 Å². The molecular formula is C16H27NO7. The van der Waals surface area contributed by atoms with Crippen molar-refractivity contribution >= 4 is 6.09 Å². The van der Waals surface area contributed by atoms with Gasteiger partial charge in [-0.2, -0.15) is 0 Å². The number of aliphatic hydroxyl groups excluding tert-OH is 3. The van der Waals surface area contributed by atoms with Crippen LogP contribution in [0.2, 0.25) is 0 Å². The number of carbonyl (C=O) groups excluding carboxylic acids is 1. The molecule has 1 aliphatic heterocycles. The average molecular weight is 345 g/mol. The van der Waals surface area contributed by atoms with Gasteiger partial charge in [0.15, 0.2) is 6.29 Å². The lowest BCUT2D eigenvalue weighted by molar-refractivity contribution is -0.292. The number of hydrogen-bond acceptors (Lipinski definition) is 7. The molecular weight excluding hydrogens is 318 g/mol. The van der Waals surface area contributed by atoms with Gasteiger partial charge in [0.05, 0.1) is 12.2 Å². The molecule has 1 fully saturated rings. The zero-order valence-corrected chi connectivity index (χ0v) is 14.4. The Labute approximate surface area is 141 Å². The van der Waals surface area contributed by atoms with Crippen LogP contribution >= 0.6 is 0 Å². The number of rotatable bonds is 5. The summed E-state index contributed by atoms with van der Waals surface area (Å²) in [7, 11) is 0. The predicted octanol–water partition coefficient (Wildman–Crippen LogP) is -0.0886. The summed E-state index contributed by atoms with van der Waals surface area (Å²) in [5, 5.41) is 32.1. The van der Waals surface area contributed by atoms with E-state index >= 15 is 0 Å². The fourth-order valence-corrected chi connectivity index (χ4v) is 2.48. The lowest BCUT2D eigenvalue weighted by Crippen LogP contribution is -2.65. The van der Waals surface area contributed by atoms with Crippen molar-refractivity contribution in [3.63, 3.8) is 0 Å². The number of hydrogen-bond donors (Lipinski definition) is 4. The molecule has 138 valence electrons. The standard InChI is InChI=1S/C16H27NO7/c1-8-5-9(8)7-22-15(21)17-11-13(20)12(19)10(6-18)23-14(11)24-16(2,3)4/h5,9-14,18-20H,6-7H2,1-4H3,(H,17,21)/t9?,10?,11-,12-,13?,14+/m0/s1. The fraction of sp³-hybridized carbons (Fsp3) is 0.812. The Morgan fingerprint density at radius 3 is 2.46 bits per heavy atom. The number of ether oxygens (including phenoxy) is 3. The van der Waals surface area contributed by atoms with Crippen molar-refractivity contribution < 1.29 is 34.3 Å². The molecule has 0 aromatic carbocycles. The molecule has 0 spiro atoms. The van der Waals surface area contributed by atoms with Crippen molar-refractivity contribution in [1.29, 1.82) is 0 Å². The van der Waals surface area contributed by atoms with Crippen molar-refractivity contribution in [3.8, 4) is 0 Å². The van der Waals surface area contributed by atoms with Gasteiger partial charge >= 0.3 is 6.09 Å². The van der Waals surface area contributed by atoms with Crippen molar-refractivity contribution in [2.75, 3.05) is 13.2 Å². The molecule has 24 heavy (non-hydrogen) atoms. The van der Waals surface area contributed by atoms with E-state index in [1.165, 1.54) is 5.57 Å². The summed E-state index contributed by atoms with van der Waals surface area (Å²) in [5.74, 6) is 0.175. The van der Waals surface area contributed by atoms with E-state index in [-0.39, 0.29) is 12.5 Å². The zero-order valence-electron chi connectivity index (χ0n) is 14.4. The molecule has 6 atom stereocenters. The van der Waals surface area contributed by atoms with Gasteiger partial charge in [0.25, 0.3) is 0 Å². The molecule has 8 nitrogen and oxygen atoms in total. The monoisotopic (exact) mass is 345 g/mol. The van der Waals surface area contributed by atoms with Gasteiger partial charge in [0.1, 0.15) is 31.0 Å². The molecule has 1 amide bonds. The van der Waals surface area contributed by atoms with Gasteiger partial charge in [0, 0.05) is 5.92 Å². The second-order valence-corrected chi connectivity index (χ2v) is 7.22. The minimum absolute atomic E-state index is 0.175. The Kier molecular flexibility index (Phi) is 5.87. The molecule has 3 unspecified atom stereocenters. The number of aliphatic hydroxyl groups is 3. The van der Waals surface area contributed by atoms with E-state index in [9.17, 15) is 20.1 Å². The van der Waals surface area contributed by atoms with Crippen molar-refractivity contribution in [3.05, 3.63) is 11.6 Å². The van der Waals surface area contributed by atoms with Gasteiger partial charge in [-0.25, -0.2) is 4.79 Å². The highest BCUT2D eigenvalue weighted by molar-refractivity contribution is 5.68. The van der Waals surface area contributed by atoms with Crippen molar-refractivity contribution in [2.45, 2.75) is 63.9 Å². The maximum Gasteiger partial charge on any atom is 0.407 e. The van der Waals surface area contributed by atoms with Crippen LogP contribution in [0.4, 0.5) is 4.79 Å². The van der Waals surface area contributed by atoms with E-state index in [1.807, 2.05) is 13.0 Å². The van der Waals surface area contributed by atoms with Crippen LogP contribution in [0.25, 0.3) is 0 Å². The lowest BCUT2D eigenvalue weighted by Gasteiger charge is -2.44. The normalized spacial score (nSPS) is 36.0. The highest BCUT2D eigenvalue weighted by atomic mass is 16.7. The topological polar surface area (TPSA) is 117 Å². The van der Waals surface area contributed by atoms with E-state index < -0.39 is 48.9 Å². The van der Waals surface area contributed by atoms with Gasteiger partial charge in [-0.3, -0.25) is 0 Å². The lowest BCUT2D eigenvalue weighted by atomic mass is 9.97. The van der Waals surface area contributed by atoms with E-state index in [1.54, 1.807) is 20.8 Å². The Morgan fingerprint density at radius 2 is 1.96 bits per heavy atom. The van der Waals surface area contributed by atoms with Crippen LogP contribution in [0.1, 0.15) is 27.7 Å². The SMILES string of the molecule is CC1=CC1COC(=O)N[C@H]1C(O)[C@@H](O)C(CO)O[C@@H]1OC(C)(C)C. The highest BCUT2D eigenvalue weighted by Gasteiger charge is 2.47. The van der Waals surface area contributed by atoms with E-state index in [2.05, 4.69) is 5.32 Å². The van der Waals surface area contributed by atoms with Gasteiger partial charge in [-0.05, 0) is 27.7 Å². The molecule has 0 bridgehead atoms. The molecule has 2 aliphatic rings. The Morgan fingerprint density at radius 1 is 1.33 bits per heavy atom. The second-order valence-electron chi connectivity index (χ2n) is 7.22. The van der Waals surface area contributed by atoms with Crippen molar-refractivity contribution in [2.24, 2.45) is 5.92 Å². The third-order valence-electron chi connectivity index (χ3n) is 3.97. The smallest absolute Gasteiger partial charge is 0.407 e. The van der Waals surface area contributed by atoms with Crippen molar-refractivity contribution in [1.82, 2.24) is 5.32 Å². The Balaban J connectivity index is 1.99. The van der Waals surface area contributed by atoms with E-state index in [4.69, 9.17) is 14.2 Å². The Hall–Kier alpha value is -1.19. The maximum absolute atomic E-state index is 12.0. The van der Waals surface area contributed by atoms with Gasteiger partial charge in [-0.15, -0.1) is 0 Å². The molecule has 0 aromatic rings. The second kappa shape index (κ2) is 7.37. The van der Waals surface area contributed by atoms with Crippen LogP contribution in [0.5, 0.6) is 0 Å². The van der Waals surface area contributed by atoms with Gasteiger partial charge < -0.3 is 34.8 Å². The van der Waals surface area contributed by atoms with Crippen LogP contribution in [0.15, 0.2) is 11.6 Å². The first kappa shape index (κ1) is 19.1. The first-order valence-electron chi connectivity index (χ1n) is 8.04. The molecule has 0 radical (unpaired) electrons. The van der Waals surface area contributed by atoms with Crippen LogP contribution in [-0.4, -0.2) is 70.9 Å². The number of amides is 1. The molecule has 8 heteroatoms. The maximum atomic E-state index is 12.0.